The van der Waals surface area contributed by atoms with Crippen LogP contribution in [-0.4, -0.2) is 18.1 Å². The molecule has 0 bridgehead atoms. The summed E-state index contributed by atoms with van der Waals surface area (Å²) in [7, 11) is 0. The van der Waals surface area contributed by atoms with Crippen molar-refractivity contribution in [3.63, 3.8) is 0 Å². The topological polar surface area (TPSA) is 12.0 Å². The first-order chi connectivity index (χ1) is 10.3. The molecule has 1 saturated heterocycles. The van der Waals surface area contributed by atoms with E-state index in [0.717, 1.165) is 12.5 Å². The van der Waals surface area contributed by atoms with Crippen molar-refractivity contribution in [1.29, 1.82) is 0 Å². The summed E-state index contributed by atoms with van der Waals surface area (Å²) >= 11 is 2.09. The molecule has 0 saturated carbocycles. The molecule has 3 rings (SSSR count). The summed E-state index contributed by atoms with van der Waals surface area (Å²) in [5.74, 6) is 3.46. The molecule has 0 amide bonds. The average molecular weight is 297 g/mol. The van der Waals surface area contributed by atoms with Crippen LogP contribution in [0.1, 0.15) is 29.2 Å². The summed E-state index contributed by atoms with van der Waals surface area (Å²) in [4.78, 5) is 0. The molecule has 21 heavy (non-hydrogen) atoms. The van der Waals surface area contributed by atoms with E-state index in [0.29, 0.717) is 6.04 Å². The van der Waals surface area contributed by atoms with Crippen molar-refractivity contribution in [3.8, 4) is 0 Å². The number of hydrogen-bond acceptors (Lipinski definition) is 2. The van der Waals surface area contributed by atoms with Gasteiger partial charge in [0.2, 0.25) is 0 Å². The Morgan fingerprint density at radius 2 is 1.86 bits per heavy atom. The summed E-state index contributed by atoms with van der Waals surface area (Å²) in [5.41, 5.74) is 4.12. The van der Waals surface area contributed by atoms with Gasteiger partial charge in [-0.3, -0.25) is 0 Å². The van der Waals surface area contributed by atoms with Crippen LogP contribution in [0.25, 0.3) is 0 Å². The highest BCUT2D eigenvalue weighted by Crippen LogP contribution is 2.27. The highest BCUT2D eigenvalue weighted by Gasteiger charge is 2.20. The highest BCUT2D eigenvalue weighted by atomic mass is 32.2. The molecule has 0 aliphatic carbocycles. The third-order valence-corrected chi connectivity index (χ3v) is 5.50. The van der Waals surface area contributed by atoms with Gasteiger partial charge in [0.25, 0.3) is 0 Å². The molecule has 2 atom stereocenters. The summed E-state index contributed by atoms with van der Waals surface area (Å²) < 4.78 is 0. The molecule has 0 aromatic heterocycles. The zero-order valence-electron chi connectivity index (χ0n) is 12.6. The number of aryl methyl sites for hydroxylation is 1. The van der Waals surface area contributed by atoms with E-state index in [-0.39, 0.29) is 0 Å². The van der Waals surface area contributed by atoms with Crippen molar-refractivity contribution in [2.45, 2.75) is 19.4 Å². The molecule has 1 aliphatic heterocycles. The Balaban J connectivity index is 1.82. The minimum Gasteiger partial charge on any atom is -0.306 e. The number of rotatable bonds is 5. The van der Waals surface area contributed by atoms with Gasteiger partial charge in [0.05, 0.1) is 6.04 Å². The summed E-state index contributed by atoms with van der Waals surface area (Å²) in [6.45, 7) is 3.32. The second kappa shape index (κ2) is 7.15. The first kappa shape index (κ1) is 14.7. The molecule has 1 nitrogen and oxygen atoms in total. The van der Waals surface area contributed by atoms with E-state index in [1.807, 2.05) is 0 Å². The molecular weight excluding hydrogens is 274 g/mol. The van der Waals surface area contributed by atoms with Gasteiger partial charge in [0.15, 0.2) is 0 Å². The normalized spacial score (nSPS) is 19.6. The van der Waals surface area contributed by atoms with E-state index >= 15 is 0 Å². The lowest BCUT2D eigenvalue weighted by molar-refractivity contribution is 0.490. The number of nitrogens with one attached hydrogen (secondary N) is 1. The van der Waals surface area contributed by atoms with Crippen LogP contribution in [0.3, 0.4) is 0 Å². The van der Waals surface area contributed by atoms with Crippen LogP contribution in [0.5, 0.6) is 0 Å². The third-order valence-electron chi connectivity index (χ3n) is 4.27. The molecule has 1 heterocycles. The van der Waals surface area contributed by atoms with Crippen molar-refractivity contribution < 1.29 is 0 Å². The van der Waals surface area contributed by atoms with Gasteiger partial charge in [-0.15, -0.1) is 0 Å². The first-order valence-electron chi connectivity index (χ1n) is 7.76. The Bertz CT molecular complexity index is 561. The molecule has 1 aliphatic rings. The summed E-state index contributed by atoms with van der Waals surface area (Å²) in [6, 6.07) is 19.8. The zero-order valence-corrected chi connectivity index (χ0v) is 13.4. The van der Waals surface area contributed by atoms with Crippen molar-refractivity contribution in [3.05, 3.63) is 71.3 Å². The second-order valence-electron chi connectivity index (χ2n) is 5.84. The van der Waals surface area contributed by atoms with Gasteiger partial charge in [-0.2, -0.15) is 11.8 Å². The van der Waals surface area contributed by atoms with E-state index in [4.69, 9.17) is 0 Å². The van der Waals surface area contributed by atoms with Crippen molar-refractivity contribution in [1.82, 2.24) is 5.32 Å². The van der Waals surface area contributed by atoms with Crippen LogP contribution in [0.4, 0.5) is 0 Å². The fraction of sp³-hybridized carbons (Fsp3) is 0.368. The molecule has 0 spiro atoms. The predicted molar refractivity (Wildman–Crippen MR) is 92.9 cm³/mol. The second-order valence-corrected chi connectivity index (χ2v) is 6.99. The van der Waals surface area contributed by atoms with Crippen LogP contribution in [0.15, 0.2) is 54.6 Å². The zero-order chi connectivity index (χ0) is 14.5. The Hall–Kier alpha value is -1.25. The van der Waals surface area contributed by atoms with E-state index in [2.05, 4.69) is 78.6 Å². The predicted octanol–water partition coefficient (Wildman–Crippen LogP) is 4.43. The SMILES string of the molecule is Cc1ccccc1C(NCC1CCSC1)c1ccccc1. The van der Waals surface area contributed by atoms with Crippen LogP contribution in [0, 0.1) is 12.8 Å². The largest absolute Gasteiger partial charge is 0.306 e. The molecular formula is C19H23NS. The maximum Gasteiger partial charge on any atom is 0.0579 e. The molecule has 1 N–H and O–H groups in total. The summed E-state index contributed by atoms with van der Waals surface area (Å²) in [5, 5.41) is 3.82. The molecule has 0 radical (unpaired) electrons. The Morgan fingerprint density at radius 3 is 2.57 bits per heavy atom. The van der Waals surface area contributed by atoms with Gasteiger partial charge in [0, 0.05) is 0 Å². The van der Waals surface area contributed by atoms with Gasteiger partial charge in [0.1, 0.15) is 0 Å². The minimum atomic E-state index is 0.304. The lowest BCUT2D eigenvalue weighted by Gasteiger charge is -2.23. The van der Waals surface area contributed by atoms with Crippen molar-refractivity contribution in [2.24, 2.45) is 5.92 Å². The first-order valence-corrected chi connectivity index (χ1v) is 8.91. The molecule has 1 fully saturated rings. The van der Waals surface area contributed by atoms with E-state index < -0.39 is 0 Å². The number of thioether (sulfide) groups is 1. The Labute approximate surface area is 132 Å². The smallest absolute Gasteiger partial charge is 0.0579 e. The molecule has 110 valence electrons. The fourth-order valence-corrected chi connectivity index (χ4v) is 4.28. The highest BCUT2D eigenvalue weighted by molar-refractivity contribution is 7.99. The van der Waals surface area contributed by atoms with E-state index in [1.165, 1.54) is 34.6 Å². The molecule has 2 heteroatoms. The molecule has 2 aromatic rings. The van der Waals surface area contributed by atoms with Gasteiger partial charge < -0.3 is 5.32 Å². The monoisotopic (exact) mass is 297 g/mol. The average Bonchev–Trinajstić information content (AvgIpc) is 3.04. The lowest BCUT2D eigenvalue weighted by atomic mass is 9.94. The maximum absolute atomic E-state index is 3.82. The van der Waals surface area contributed by atoms with Crippen LogP contribution >= 0.6 is 11.8 Å². The van der Waals surface area contributed by atoms with Crippen molar-refractivity contribution in [2.75, 3.05) is 18.1 Å². The number of benzene rings is 2. The van der Waals surface area contributed by atoms with Gasteiger partial charge in [-0.25, -0.2) is 0 Å². The number of hydrogen-bond donors (Lipinski definition) is 1. The van der Waals surface area contributed by atoms with Crippen molar-refractivity contribution >= 4 is 11.8 Å². The fourth-order valence-electron chi connectivity index (χ4n) is 2.99. The summed E-state index contributed by atoms with van der Waals surface area (Å²) in [6.07, 6.45) is 1.35. The molecule has 2 aromatic carbocycles. The van der Waals surface area contributed by atoms with Crippen LogP contribution < -0.4 is 5.32 Å². The lowest BCUT2D eigenvalue weighted by Crippen LogP contribution is -2.28. The van der Waals surface area contributed by atoms with Gasteiger partial charge in [-0.05, 0) is 54.0 Å². The Morgan fingerprint density at radius 1 is 1.10 bits per heavy atom. The van der Waals surface area contributed by atoms with E-state index in [1.54, 1.807) is 0 Å². The quantitative estimate of drug-likeness (QED) is 0.876. The standard InChI is InChI=1S/C19H23NS/c1-15-7-5-6-10-18(15)19(17-8-3-2-4-9-17)20-13-16-11-12-21-14-16/h2-10,16,19-20H,11-14H2,1H3. The third kappa shape index (κ3) is 3.69. The van der Waals surface area contributed by atoms with E-state index in [9.17, 15) is 0 Å². The van der Waals surface area contributed by atoms with Gasteiger partial charge >= 0.3 is 0 Å². The van der Waals surface area contributed by atoms with Gasteiger partial charge in [-0.1, -0.05) is 54.6 Å². The van der Waals surface area contributed by atoms with Crippen LogP contribution in [0.2, 0.25) is 0 Å². The minimum absolute atomic E-state index is 0.304. The Kier molecular flexibility index (Phi) is 5.00. The maximum atomic E-state index is 3.82. The van der Waals surface area contributed by atoms with Crippen LogP contribution in [-0.2, 0) is 0 Å². The molecule has 2 unspecified atom stereocenters.